The summed E-state index contributed by atoms with van der Waals surface area (Å²) in [7, 11) is 0. The minimum Gasteiger partial charge on any atom is -0.481 e. The second kappa shape index (κ2) is 12.0. The molecule has 0 aliphatic rings. The van der Waals surface area contributed by atoms with E-state index in [4.69, 9.17) is 15.9 Å². The van der Waals surface area contributed by atoms with Gasteiger partial charge in [-0.05, 0) is 18.8 Å². The van der Waals surface area contributed by atoms with E-state index in [1.165, 1.54) is 6.92 Å². The molecule has 0 aromatic carbocycles. The van der Waals surface area contributed by atoms with Crippen LogP contribution in [0.25, 0.3) is 0 Å². The summed E-state index contributed by atoms with van der Waals surface area (Å²) < 4.78 is 0. The molecule has 0 bridgehead atoms. The molecule has 11 heteroatoms. The van der Waals surface area contributed by atoms with Crippen molar-refractivity contribution < 1.29 is 34.2 Å². The van der Waals surface area contributed by atoms with E-state index in [9.17, 15) is 24.0 Å². The number of carbonyl (C=O) groups is 5. The maximum Gasteiger partial charge on any atom is 0.326 e. The van der Waals surface area contributed by atoms with Crippen LogP contribution < -0.4 is 21.7 Å². The van der Waals surface area contributed by atoms with Crippen LogP contribution in [0.3, 0.4) is 0 Å². The molecule has 11 nitrogen and oxygen atoms in total. The number of carboxylic acid groups (broad SMARTS) is 2. The quantitative estimate of drug-likeness (QED) is 0.235. The van der Waals surface area contributed by atoms with E-state index in [0.29, 0.717) is 6.42 Å². The van der Waals surface area contributed by atoms with E-state index in [0.717, 1.165) is 0 Å². The molecule has 166 valence electrons. The standard InChI is InChI=1S/C18H32N4O7/c1-6-9(4)13(19)16(26)22-14(8(2)3)17(27)20-10(5)15(25)21-11(18(28)29)7-12(23)24/h8-11,13-14H,6-7,19H2,1-5H3,(H,20,27)(H,21,25)(H,22,26)(H,23,24)(H,28,29). The first-order chi connectivity index (χ1) is 13.3. The molecule has 0 radical (unpaired) electrons. The minimum atomic E-state index is -1.63. The van der Waals surface area contributed by atoms with Crippen molar-refractivity contribution in [2.24, 2.45) is 17.6 Å². The third kappa shape index (κ3) is 8.90. The maximum atomic E-state index is 12.5. The molecule has 29 heavy (non-hydrogen) atoms. The molecule has 0 heterocycles. The van der Waals surface area contributed by atoms with Crippen LogP contribution in [0.1, 0.15) is 47.5 Å². The number of amides is 3. The molecule has 0 saturated carbocycles. The number of carboxylic acids is 2. The van der Waals surface area contributed by atoms with Crippen molar-refractivity contribution in [1.29, 1.82) is 0 Å². The van der Waals surface area contributed by atoms with Gasteiger partial charge in [-0.2, -0.15) is 0 Å². The van der Waals surface area contributed by atoms with Crippen LogP contribution in [0.5, 0.6) is 0 Å². The lowest BCUT2D eigenvalue weighted by molar-refractivity contribution is -0.147. The fraction of sp³-hybridized carbons (Fsp3) is 0.722. The molecule has 5 atom stereocenters. The lowest BCUT2D eigenvalue weighted by Gasteiger charge is -2.26. The number of aliphatic carboxylic acids is 2. The number of hydrogen-bond donors (Lipinski definition) is 6. The normalized spacial score (nSPS) is 16.1. The van der Waals surface area contributed by atoms with Gasteiger partial charge in [0.05, 0.1) is 12.5 Å². The Morgan fingerprint density at radius 2 is 1.41 bits per heavy atom. The van der Waals surface area contributed by atoms with Crippen LogP contribution in [0.4, 0.5) is 0 Å². The maximum absolute atomic E-state index is 12.5. The SMILES string of the molecule is CCC(C)C(N)C(=O)NC(C(=O)NC(C)C(=O)NC(CC(=O)O)C(=O)O)C(C)C. The number of hydrogen-bond acceptors (Lipinski definition) is 6. The van der Waals surface area contributed by atoms with E-state index >= 15 is 0 Å². The summed E-state index contributed by atoms with van der Waals surface area (Å²) in [5.41, 5.74) is 5.88. The molecule has 0 aliphatic heterocycles. The lowest BCUT2D eigenvalue weighted by Crippen LogP contribution is -2.58. The Kier molecular flexibility index (Phi) is 10.9. The highest BCUT2D eigenvalue weighted by Gasteiger charge is 2.31. The predicted octanol–water partition coefficient (Wildman–Crippen LogP) is -0.951. The van der Waals surface area contributed by atoms with Crippen molar-refractivity contribution in [3.63, 3.8) is 0 Å². The van der Waals surface area contributed by atoms with Gasteiger partial charge >= 0.3 is 11.9 Å². The first kappa shape index (κ1) is 26.3. The van der Waals surface area contributed by atoms with E-state index in [2.05, 4.69) is 16.0 Å². The van der Waals surface area contributed by atoms with Gasteiger partial charge in [0.25, 0.3) is 0 Å². The topological polar surface area (TPSA) is 188 Å². The molecule has 0 saturated heterocycles. The Labute approximate surface area is 169 Å². The zero-order valence-electron chi connectivity index (χ0n) is 17.4. The van der Waals surface area contributed by atoms with Crippen molar-refractivity contribution in [1.82, 2.24) is 16.0 Å². The zero-order valence-corrected chi connectivity index (χ0v) is 17.4. The molecular formula is C18H32N4O7. The van der Waals surface area contributed by atoms with Gasteiger partial charge in [0, 0.05) is 0 Å². The summed E-state index contributed by atoms with van der Waals surface area (Å²) in [5, 5.41) is 24.7. The van der Waals surface area contributed by atoms with Gasteiger partial charge in [-0.3, -0.25) is 19.2 Å². The number of rotatable bonds is 12. The Hall–Kier alpha value is -2.69. The Bertz CT molecular complexity index is 623. The fourth-order valence-corrected chi connectivity index (χ4v) is 2.34. The molecule has 0 spiro atoms. The highest BCUT2D eigenvalue weighted by molar-refractivity contribution is 5.94. The van der Waals surface area contributed by atoms with Gasteiger partial charge in [-0.15, -0.1) is 0 Å². The molecule has 0 aliphatic carbocycles. The van der Waals surface area contributed by atoms with Crippen LogP contribution >= 0.6 is 0 Å². The van der Waals surface area contributed by atoms with Crippen LogP contribution in [-0.4, -0.2) is 64.0 Å². The number of carbonyl (C=O) groups excluding carboxylic acids is 3. The van der Waals surface area contributed by atoms with Crippen molar-refractivity contribution in [3.8, 4) is 0 Å². The van der Waals surface area contributed by atoms with Gasteiger partial charge in [-0.1, -0.05) is 34.1 Å². The van der Waals surface area contributed by atoms with E-state index in [1.807, 2.05) is 13.8 Å². The first-order valence-electron chi connectivity index (χ1n) is 9.43. The summed E-state index contributed by atoms with van der Waals surface area (Å²) in [6, 6.07) is -4.53. The largest absolute Gasteiger partial charge is 0.481 e. The van der Waals surface area contributed by atoms with Gasteiger partial charge in [0.1, 0.15) is 18.1 Å². The Morgan fingerprint density at radius 3 is 1.83 bits per heavy atom. The number of nitrogens with one attached hydrogen (secondary N) is 3. The molecular weight excluding hydrogens is 384 g/mol. The van der Waals surface area contributed by atoms with Gasteiger partial charge in [0.2, 0.25) is 17.7 Å². The van der Waals surface area contributed by atoms with E-state index < -0.39 is 60.2 Å². The smallest absolute Gasteiger partial charge is 0.326 e. The average molecular weight is 416 g/mol. The third-order valence-electron chi connectivity index (χ3n) is 4.55. The molecule has 0 rings (SSSR count). The summed E-state index contributed by atoms with van der Waals surface area (Å²) in [4.78, 5) is 58.7. The van der Waals surface area contributed by atoms with Crippen LogP contribution in [0.2, 0.25) is 0 Å². The molecule has 5 unspecified atom stereocenters. The molecule has 0 aromatic rings. The molecule has 0 aromatic heterocycles. The molecule has 0 fully saturated rings. The van der Waals surface area contributed by atoms with Crippen molar-refractivity contribution in [3.05, 3.63) is 0 Å². The molecule has 3 amide bonds. The van der Waals surface area contributed by atoms with Crippen LogP contribution in [0.15, 0.2) is 0 Å². The second-order valence-corrected chi connectivity index (χ2v) is 7.37. The van der Waals surface area contributed by atoms with Crippen molar-refractivity contribution >= 4 is 29.7 Å². The molecule has 7 N–H and O–H groups in total. The first-order valence-corrected chi connectivity index (χ1v) is 9.43. The highest BCUT2D eigenvalue weighted by atomic mass is 16.4. The average Bonchev–Trinajstić information content (AvgIpc) is 2.62. The summed E-state index contributed by atoms with van der Waals surface area (Å²) in [6.07, 6.45) is -0.120. The van der Waals surface area contributed by atoms with E-state index in [1.54, 1.807) is 13.8 Å². The Balaban J connectivity index is 5.04. The Morgan fingerprint density at radius 1 is 0.862 bits per heavy atom. The summed E-state index contributed by atoms with van der Waals surface area (Å²) >= 11 is 0. The zero-order chi connectivity index (χ0) is 22.9. The summed E-state index contributed by atoms with van der Waals surface area (Å²) in [5.74, 6) is -5.29. The van der Waals surface area contributed by atoms with E-state index in [-0.39, 0.29) is 11.8 Å². The number of nitrogens with two attached hydrogens (primary N) is 1. The minimum absolute atomic E-state index is 0.0854. The van der Waals surface area contributed by atoms with Crippen molar-refractivity contribution in [2.75, 3.05) is 0 Å². The lowest BCUT2D eigenvalue weighted by atomic mass is 9.97. The second-order valence-electron chi connectivity index (χ2n) is 7.37. The highest BCUT2D eigenvalue weighted by Crippen LogP contribution is 2.08. The third-order valence-corrected chi connectivity index (χ3v) is 4.55. The predicted molar refractivity (Wildman–Crippen MR) is 104 cm³/mol. The van der Waals surface area contributed by atoms with Crippen LogP contribution in [0, 0.1) is 11.8 Å². The van der Waals surface area contributed by atoms with Crippen molar-refractivity contribution in [2.45, 2.75) is 71.6 Å². The van der Waals surface area contributed by atoms with Crippen LogP contribution in [-0.2, 0) is 24.0 Å². The summed E-state index contributed by atoms with van der Waals surface area (Å²) in [6.45, 7) is 8.43. The fourth-order valence-electron chi connectivity index (χ4n) is 2.34. The van der Waals surface area contributed by atoms with Gasteiger partial charge < -0.3 is 31.9 Å². The van der Waals surface area contributed by atoms with Gasteiger partial charge in [0.15, 0.2) is 0 Å². The monoisotopic (exact) mass is 416 g/mol. The van der Waals surface area contributed by atoms with Gasteiger partial charge in [-0.25, -0.2) is 4.79 Å².